The average molecular weight is 381 g/mol. The number of hydrogen-bond acceptors (Lipinski definition) is 7. The highest BCUT2D eigenvalue weighted by molar-refractivity contribution is 5.80. The standard InChI is InChI=1S/C21H23N3O4/c25-20(26-12-14-6-7-18-19(10-14)28-13-27-18)17-11-15-4-1-2-5-16(15)24(17)21-22-8-3-9-23-21/h3,6-10,15-17H,1-2,4-5,11-13H2. The molecule has 7 nitrogen and oxygen atoms in total. The number of nitrogens with zero attached hydrogens (tertiary/aromatic N) is 3. The summed E-state index contributed by atoms with van der Waals surface area (Å²) < 4.78 is 16.4. The summed E-state index contributed by atoms with van der Waals surface area (Å²) in [5.74, 6) is 2.34. The zero-order chi connectivity index (χ0) is 18.9. The zero-order valence-electron chi connectivity index (χ0n) is 15.6. The third kappa shape index (κ3) is 3.15. The maximum absolute atomic E-state index is 13.0. The van der Waals surface area contributed by atoms with Gasteiger partial charge in [-0.25, -0.2) is 14.8 Å². The van der Waals surface area contributed by atoms with E-state index < -0.39 is 0 Å². The molecule has 3 heterocycles. The van der Waals surface area contributed by atoms with Gasteiger partial charge in [-0.2, -0.15) is 0 Å². The Labute approximate surface area is 163 Å². The van der Waals surface area contributed by atoms with Crippen LogP contribution in [0.1, 0.15) is 37.7 Å². The van der Waals surface area contributed by atoms with Crippen molar-refractivity contribution in [2.75, 3.05) is 11.7 Å². The molecule has 0 N–H and O–H groups in total. The lowest BCUT2D eigenvalue weighted by Gasteiger charge is -2.33. The van der Waals surface area contributed by atoms with Crippen molar-refractivity contribution >= 4 is 11.9 Å². The summed E-state index contributed by atoms with van der Waals surface area (Å²) >= 11 is 0. The molecule has 3 aliphatic rings. The van der Waals surface area contributed by atoms with Crippen LogP contribution in [0.25, 0.3) is 0 Å². The summed E-state index contributed by atoms with van der Waals surface area (Å²) in [6, 6.07) is 7.39. The van der Waals surface area contributed by atoms with Crippen LogP contribution in [0.15, 0.2) is 36.7 Å². The number of fused-ring (bicyclic) bond motifs is 2. The monoisotopic (exact) mass is 381 g/mol. The minimum Gasteiger partial charge on any atom is -0.459 e. The second-order valence-corrected chi connectivity index (χ2v) is 7.61. The SMILES string of the molecule is O=C(OCc1ccc2c(c1)OCO2)C1CC2CCCCC2N1c1ncccn1. The quantitative estimate of drug-likeness (QED) is 0.754. The largest absolute Gasteiger partial charge is 0.459 e. The minimum absolute atomic E-state index is 0.209. The summed E-state index contributed by atoms with van der Waals surface area (Å²) in [7, 11) is 0. The molecule has 0 bridgehead atoms. The molecule has 0 amide bonds. The van der Waals surface area contributed by atoms with Crippen molar-refractivity contribution in [3.05, 3.63) is 42.2 Å². The van der Waals surface area contributed by atoms with Crippen LogP contribution in [0.5, 0.6) is 11.5 Å². The topological polar surface area (TPSA) is 73.8 Å². The van der Waals surface area contributed by atoms with Crippen LogP contribution in [0.3, 0.4) is 0 Å². The predicted octanol–water partition coefficient (Wildman–Crippen LogP) is 3.09. The molecule has 2 fully saturated rings. The second-order valence-electron chi connectivity index (χ2n) is 7.61. The van der Waals surface area contributed by atoms with Gasteiger partial charge in [0.15, 0.2) is 11.5 Å². The van der Waals surface area contributed by atoms with Crippen molar-refractivity contribution in [2.24, 2.45) is 5.92 Å². The normalized spacial score (nSPS) is 25.4. The van der Waals surface area contributed by atoms with Crippen molar-refractivity contribution < 1.29 is 19.0 Å². The summed E-state index contributed by atoms with van der Waals surface area (Å²) in [5, 5.41) is 0. The molecular weight excluding hydrogens is 358 g/mol. The maximum atomic E-state index is 13.0. The first-order chi connectivity index (χ1) is 13.8. The Kier molecular flexibility index (Phi) is 4.50. The Morgan fingerprint density at radius 1 is 1.14 bits per heavy atom. The van der Waals surface area contributed by atoms with Crippen molar-refractivity contribution in [1.29, 1.82) is 0 Å². The smallest absolute Gasteiger partial charge is 0.329 e. The number of carbonyl (C=O) groups is 1. The maximum Gasteiger partial charge on any atom is 0.329 e. The molecule has 3 atom stereocenters. The molecule has 0 spiro atoms. The number of aromatic nitrogens is 2. The number of carbonyl (C=O) groups excluding carboxylic acids is 1. The Hall–Kier alpha value is -2.83. The Balaban J connectivity index is 1.32. The molecule has 3 unspecified atom stereocenters. The van der Waals surface area contributed by atoms with E-state index in [0.717, 1.165) is 30.6 Å². The van der Waals surface area contributed by atoms with Crippen molar-refractivity contribution in [2.45, 2.75) is 50.8 Å². The molecule has 1 aromatic carbocycles. The lowest BCUT2D eigenvalue weighted by Crippen LogP contribution is -2.44. The van der Waals surface area contributed by atoms with Crippen LogP contribution < -0.4 is 14.4 Å². The number of ether oxygens (including phenoxy) is 3. The first-order valence-corrected chi connectivity index (χ1v) is 9.90. The van der Waals surface area contributed by atoms with E-state index in [1.807, 2.05) is 18.2 Å². The summed E-state index contributed by atoms with van der Waals surface area (Å²) in [5.41, 5.74) is 0.885. The summed E-state index contributed by atoms with van der Waals surface area (Å²) in [4.78, 5) is 23.9. The van der Waals surface area contributed by atoms with Crippen LogP contribution in [-0.4, -0.2) is 34.8 Å². The number of benzene rings is 1. The number of hydrogen-bond donors (Lipinski definition) is 0. The van der Waals surface area contributed by atoms with E-state index in [9.17, 15) is 4.79 Å². The molecule has 5 rings (SSSR count). The molecule has 146 valence electrons. The van der Waals surface area contributed by atoms with Gasteiger partial charge < -0.3 is 19.1 Å². The van der Waals surface area contributed by atoms with Crippen LogP contribution in [0, 0.1) is 5.92 Å². The van der Waals surface area contributed by atoms with Crippen molar-refractivity contribution in [3.8, 4) is 11.5 Å². The molecule has 7 heteroatoms. The van der Waals surface area contributed by atoms with E-state index in [1.54, 1.807) is 18.5 Å². The van der Waals surface area contributed by atoms with Gasteiger partial charge in [-0.15, -0.1) is 0 Å². The van der Waals surface area contributed by atoms with Crippen LogP contribution in [0.4, 0.5) is 5.95 Å². The lowest BCUT2D eigenvalue weighted by molar-refractivity contribution is -0.146. The van der Waals surface area contributed by atoms with Gasteiger partial charge in [0.2, 0.25) is 12.7 Å². The van der Waals surface area contributed by atoms with Crippen molar-refractivity contribution in [1.82, 2.24) is 9.97 Å². The number of anilines is 1. The van der Waals surface area contributed by atoms with Gasteiger partial charge in [0.05, 0.1) is 0 Å². The zero-order valence-corrected chi connectivity index (χ0v) is 15.6. The van der Waals surface area contributed by atoms with E-state index in [2.05, 4.69) is 14.9 Å². The van der Waals surface area contributed by atoms with E-state index in [0.29, 0.717) is 23.7 Å². The first kappa shape index (κ1) is 17.3. The van der Waals surface area contributed by atoms with E-state index in [-0.39, 0.29) is 25.4 Å². The fourth-order valence-electron chi connectivity index (χ4n) is 4.66. The van der Waals surface area contributed by atoms with E-state index in [4.69, 9.17) is 14.2 Å². The molecule has 1 saturated heterocycles. The summed E-state index contributed by atoms with van der Waals surface area (Å²) in [6.07, 6.45) is 8.91. The third-order valence-electron chi connectivity index (χ3n) is 5.96. The van der Waals surface area contributed by atoms with Gasteiger partial charge in [0.25, 0.3) is 0 Å². The van der Waals surface area contributed by atoms with Gasteiger partial charge in [-0.05, 0) is 48.9 Å². The molecule has 1 saturated carbocycles. The Morgan fingerprint density at radius 2 is 1.96 bits per heavy atom. The Morgan fingerprint density at radius 3 is 2.86 bits per heavy atom. The Bertz CT molecular complexity index is 860. The van der Waals surface area contributed by atoms with Gasteiger partial charge in [0.1, 0.15) is 12.6 Å². The second kappa shape index (κ2) is 7.30. The molecule has 2 aromatic rings. The number of esters is 1. The fourth-order valence-corrected chi connectivity index (χ4v) is 4.66. The molecule has 2 aliphatic heterocycles. The van der Waals surface area contributed by atoms with E-state index in [1.165, 1.54) is 12.8 Å². The molecule has 28 heavy (non-hydrogen) atoms. The first-order valence-electron chi connectivity index (χ1n) is 9.90. The highest BCUT2D eigenvalue weighted by atomic mass is 16.7. The van der Waals surface area contributed by atoms with Gasteiger partial charge in [-0.1, -0.05) is 18.9 Å². The molecule has 1 aliphatic carbocycles. The predicted molar refractivity (Wildman–Crippen MR) is 101 cm³/mol. The van der Waals surface area contributed by atoms with Crippen LogP contribution in [0.2, 0.25) is 0 Å². The third-order valence-corrected chi connectivity index (χ3v) is 5.96. The summed E-state index contributed by atoms with van der Waals surface area (Å²) in [6.45, 7) is 0.445. The van der Waals surface area contributed by atoms with Gasteiger partial charge >= 0.3 is 5.97 Å². The van der Waals surface area contributed by atoms with Gasteiger partial charge in [-0.3, -0.25) is 0 Å². The van der Waals surface area contributed by atoms with E-state index >= 15 is 0 Å². The fraction of sp³-hybridized carbons (Fsp3) is 0.476. The highest BCUT2D eigenvalue weighted by Crippen LogP contribution is 2.41. The van der Waals surface area contributed by atoms with Gasteiger partial charge in [0, 0.05) is 18.4 Å². The highest BCUT2D eigenvalue weighted by Gasteiger charge is 2.47. The van der Waals surface area contributed by atoms with Crippen LogP contribution >= 0.6 is 0 Å². The molecule has 1 aromatic heterocycles. The number of rotatable bonds is 4. The lowest BCUT2D eigenvalue weighted by atomic mass is 9.85. The van der Waals surface area contributed by atoms with Crippen LogP contribution in [-0.2, 0) is 16.1 Å². The molecule has 0 radical (unpaired) electrons. The van der Waals surface area contributed by atoms with Crippen molar-refractivity contribution in [3.63, 3.8) is 0 Å². The average Bonchev–Trinajstić information content (AvgIpc) is 3.36. The molecular formula is C21H23N3O4. The minimum atomic E-state index is -0.329.